The van der Waals surface area contributed by atoms with Crippen LogP contribution >= 0.6 is 0 Å². The molecule has 0 amide bonds. The van der Waals surface area contributed by atoms with Gasteiger partial charge in [0.2, 0.25) is 0 Å². The Morgan fingerprint density at radius 2 is 1.88 bits per heavy atom. The van der Waals surface area contributed by atoms with Gasteiger partial charge < -0.3 is 5.32 Å². The van der Waals surface area contributed by atoms with E-state index in [0.29, 0.717) is 12.3 Å². The highest BCUT2D eigenvalue weighted by atomic mass is 32.2. The Hall–Kier alpha value is -0.420. The summed E-state index contributed by atoms with van der Waals surface area (Å²) in [5, 5.41) is 3.28. The van der Waals surface area contributed by atoms with E-state index in [0.717, 1.165) is 32.4 Å². The molecule has 1 aliphatic heterocycles. The predicted molar refractivity (Wildman–Crippen MR) is 64.2 cm³/mol. The van der Waals surface area contributed by atoms with E-state index in [9.17, 15) is 13.2 Å². The molecule has 0 aromatic rings. The molecule has 0 spiro atoms. The van der Waals surface area contributed by atoms with Crippen molar-refractivity contribution >= 4 is 15.6 Å². The highest BCUT2D eigenvalue weighted by Gasteiger charge is 2.15. The minimum atomic E-state index is -2.99. The smallest absolute Gasteiger partial charge is 0.147 e. The molecule has 0 bridgehead atoms. The van der Waals surface area contributed by atoms with Crippen LogP contribution in [0.25, 0.3) is 0 Å². The Kier molecular flexibility index (Phi) is 5.41. The van der Waals surface area contributed by atoms with Gasteiger partial charge in [-0.1, -0.05) is 0 Å². The summed E-state index contributed by atoms with van der Waals surface area (Å²) in [6.07, 6.45) is 5.10. The number of carbonyl (C=O) groups excluding carboxylic acids is 1. The number of hydrogen-bond donors (Lipinski definition) is 1. The second kappa shape index (κ2) is 6.35. The van der Waals surface area contributed by atoms with Crippen LogP contribution in [0.4, 0.5) is 0 Å². The van der Waals surface area contributed by atoms with Crippen molar-refractivity contribution in [1.29, 1.82) is 0 Å². The van der Waals surface area contributed by atoms with Crippen LogP contribution in [0.3, 0.4) is 0 Å². The topological polar surface area (TPSA) is 63.2 Å². The lowest BCUT2D eigenvalue weighted by Crippen LogP contribution is -2.28. The molecule has 94 valence electrons. The van der Waals surface area contributed by atoms with Gasteiger partial charge in [-0.2, -0.15) is 0 Å². The lowest BCUT2D eigenvalue weighted by molar-refractivity contribution is -0.119. The molecular formula is C11H21NO3S. The molecule has 1 N–H and O–H groups in total. The summed E-state index contributed by atoms with van der Waals surface area (Å²) >= 11 is 0. The molecule has 1 heterocycles. The lowest BCUT2D eigenvalue weighted by Gasteiger charge is -2.21. The Morgan fingerprint density at radius 1 is 1.25 bits per heavy atom. The minimum Gasteiger partial charge on any atom is -0.317 e. The first-order valence-electron chi connectivity index (χ1n) is 5.87. The van der Waals surface area contributed by atoms with Crippen molar-refractivity contribution in [2.75, 3.05) is 25.1 Å². The van der Waals surface area contributed by atoms with Crippen molar-refractivity contribution in [3.63, 3.8) is 0 Å². The monoisotopic (exact) mass is 247 g/mol. The van der Waals surface area contributed by atoms with Crippen LogP contribution in [-0.4, -0.2) is 39.3 Å². The van der Waals surface area contributed by atoms with E-state index in [4.69, 9.17) is 0 Å². The van der Waals surface area contributed by atoms with Gasteiger partial charge in [-0.15, -0.1) is 0 Å². The van der Waals surface area contributed by atoms with Gasteiger partial charge in [0.05, 0.1) is 5.75 Å². The van der Waals surface area contributed by atoms with Gasteiger partial charge in [-0.3, -0.25) is 4.79 Å². The number of sulfone groups is 1. The maximum atomic E-state index is 11.5. The van der Waals surface area contributed by atoms with Crippen molar-refractivity contribution in [3.05, 3.63) is 0 Å². The van der Waals surface area contributed by atoms with Gasteiger partial charge in [-0.05, 0) is 38.3 Å². The maximum absolute atomic E-state index is 11.5. The molecule has 1 fully saturated rings. The van der Waals surface area contributed by atoms with Crippen LogP contribution in [0, 0.1) is 5.92 Å². The Labute approximate surface area is 97.7 Å². The third-order valence-corrected chi connectivity index (χ3v) is 3.99. The second-order valence-corrected chi connectivity index (χ2v) is 6.91. The molecule has 1 aliphatic rings. The molecule has 1 rings (SSSR count). The summed E-state index contributed by atoms with van der Waals surface area (Å²) in [6.45, 7) is 2.09. The van der Waals surface area contributed by atoms with Gasteiger partial charge >= 0.3 is 0 Å². The summed E-state index contributed by atoms with van der Waals surface area (Å²) in [6, 6.07) is 0. The second-order valence-electron chi connectivity index (χ2n) is 4.65. The minimum absolute atomic E-state index is 0.00193. The van der Waals surface area contributed by atoms with Crippen LogP contribution in [-0.2, 0) is 14.6 Å². The molecule has 4 nitrogen and oxygen atoms in total. The first-order chi connectivity index (χ1) is 7.47. The zero-order valence-corrected chi connectivity index (χ0v) is 10.7. The first kappa shape index (κ1) is 13.6. The number of Topliss-reactive ketones (excluding diaryl/α,β-unsaturated/α-hetero) is 1. The van der Waals surface area contributed by atoms with E-state index in [1.165, 1.54) is 6.26 Å². The number of hydrogen-bond acceptors (Lipinski definition) is 4. The number of ketones is 1. The zero-order valence-electron chi connectivity index (χ0n) is 9.87. The van der Waals surface area contributed by atoms with Gasteiger partial charge in [-0.25, -0.2) is 8.42 Å². The van der Waals surface area contributed by atoms with Crippen molar-refractivity contribution in [1.82, 2.24) is 5.32 Å². The van der Waals surface area contributed by atoms with Crippen molar-refractivity contribution < 1.29 is 13.2 Å². The summed E-state index contributed by atoms with van der Waals surface area (Å²) in [5.74, 6) is 0.727. The molecule has 0 atom stereocenters. The van der Waals surface area contributed by atoms with Crippen molar-refractivity contribution in [2.45, 2.75) is 32.1 Å². The van der Waals surface area contributed by atoms with Crippen LogP contribution in [0.2, 0.25) is 0 Å². The molecule has 0 aromatic carbocycles. The Balaban J connectivity index is 2.14. The number of carbonyl (C=O) groups is 1. The van der Waals surface area contributed by atoms with Gasteiger partial charge in [0.15, 0.2) is 0 Å². The lowest BCUT2D eigenvalue weighted by atomic mass is 9.92. The van der Waals surface area contributed by atoms with E-state index in [1.807, 2.05) is 0 Å². The van der Waals surface area contributed by atoms with Crippen LogP contribution in [0.1, 0.15) is 32.1 Å². The van der Waals surface area contributed by atoms with Gasteiger partial charge in [0, 0.05) is 19.1 Å². The largest absolute Gasteiger partial charge is 0.317 e. The van der Waals surface area contributed by atoms with Crippen LogP contribution < -0.4 is 5.32 Å². The average molecular weight is 247 g/mol. The fraction of sp³-hybridized carbons (Fsp3) is 0.909. The van der Waals surface area contributed by atoms with E-state index in [-0.39, 0.29) is 18.0 Å². The van der Waals surface area contributed by atoms with Crippen LogP contribution in [0.15, 0.2) is 0 Å². The van der Waals surface area contributed by atoms with Gasteiger partial charge in [0.1, 0.15) is 15.6 Å². The molecular weight excluding hydrogens is 226 g/mol. The molecule has 0 aliphatic carbocycles. The number of rotatable bonds is 6. The molecule has 0 radical (unpaired) electrons. The molecule has 0 unspecified atom stereocenters. The quantitative estimate of drug-likeness (QED) is 0.753. The van der Waals surface area contributed by atoms with E-state index in [1.54, 1.807) is 0 Å². The first-order valence-corrected chi connectivity index (χ1v) is 7.93. The summed E-state index contributed by atoms with van der Waals surface area (Å²) < 4.78 is 21.8. The Bertz CT molecular complexity index is 318. The zero-order chi connectivity index (χ0) is 12.0. The third-order valence-electron chi connectivity index (χ3n) is 3.04. The molecule has 16 heavy (non-hydrogen) atoms. The highest BCUT2D eigenvalue weighted by Crippen LogP contribution is 2.18. The SMILES string of the molecule is CS(=O)(=O)CCC(=O)CCC1CCNCC1. The van der Waals surface area contributed by atoms with Crippen molar-refractivity contribution in [2.24, 2.45) is 5.92 Å². The number of nitrogens with one attached hydrogen (secondary N) is 1. The van der Waals surface area contributed by atoms with E-state index >= 15 is 0 Å². The summed E-state index contributed by atoms with van der Waals surface area (Å²) in [4.78, 5) is 11.5. The van der Waals surface area contributed by atoms with Crippen LogP contribution in [0.5, 0.6) is 0 Å². The summed E-state index contributed by atoms with van der Waals surface area (Å²) in [7, 11) is -2.99. The summed E-state index contributed by atoms with van der Waals surface area (Å²) in [5.41, 5.74) is 0. The fourth-order valence-corrected chi connectivity index (χ4v) is 2.56. The van der Waals surface area contributed by atoms with Gasteiger partial charge in [0.25, 0.3) is 0 Å². The average Bonchev–Trinajstić information content (AvgIpc) is 2.24. The number of piperidine rings is 1. The van der Waals surface area contributed by atoms with E-state index in [2.05, 4.69) is 5.32 Å². The predicted octanol–water partition coefficient (Wildman–Crippen LogP) is 0.770. The standard InChI is InChI=1S/C11H21NO3S/c1-16(14,15)9-6-11(13)3-2-10-4-7-12-8-5-10/h10,12H,2-9H2,1H3. The third kappa shape index (κ3) is 6.23. The highest BCUT2D eigenvalue weighted by molar-refractivity contribution is 7.90. The van der Waals surface area contributed by atoms with Crippen molar-refractivity contribution in [3.8, 4) is 0 Å². The molecule has 5 heteroatoms. The Morgan fingerprint density at radius 3 is 2.44 bits per heavy atom. The van der Waals surface area contributed by atoms with E-state index < -0.39 is 9.84 Å². The fourth-order valence-electron chi connectivity index (χ4n) is 1.96. The molecule has 0 saturated carbocycles. The maximum Gasteiger partial charge on any atom is 0.147 e. The molecule has 1 saturated heterocycles. The normalized spacial score (nSPS) is 18.6. The molecule has 0 aromatic heterocycles.